The van der Waals surface area contributed by atoms with E-state index in [1.807, 2.05) is 55.7 Å². The number of carbonyl (C=O) groups excluding carboxylic acids is 1. The van der Waals surface area contributed by atoms with Crippen LogP contribution >= 0.6 is 0 Å². The normalized spacial score (nSPS) is 13.9. The zero-order valence-electron chi connectivity index (χ0n) is 14.6. The summed E-state index contributed by atoms with van der Waals surface area (Å²) in [5, 5.41) is 10.4. The van der Waals surface area contributed by atoms with Crippen LogP contribution in [0.15, 0.2) is 54.9 Å². The second kappa shape index (κ2) is 7.00. The summed E-state index contributed by atoms with van der Waals surface area (Å²) in [6, 6.07) is 13.5. The molecule has 1 aromatic carbocycles. The maximum absolute atomic E-state index is 12.7. The van der Waals surface area contributed by atoms with Crippen LogP contribution < -0.4 is 10.6 Å². The van der Waals surface area contributed by atoms with Crippen molar-refractivity contribution in [1.29, 1.82) is 0 Å². The van der Waals surface area contributed by atoms with E-state index in [1.54, 1.807) is 10.9 Å². The van der Waals surface area contributed by atoms with Gasteiger partial charge in [-0.05, 0) is 43.0 Å². The van der Waals surface area contributed by atoms with Crippen LogP contribution in [-0.2, 0) is 7.05 Å². The monoisotopic (exact) mass is 347 g/mol. The Balaban J connectivity index is 1.46. The molecule has 6 nitrogen and oxygen atoms in total. The molecule has 1 aliphatic carbocycles. The van der Waals surface area contributed by atoms with Gasteiger partial charge in [0, 0.05) is 18.3 Å². The van der Waals surface area contributed by atoms with Crippen LogP contribution in [-0.4, -0.2) is 20.7 Å². The van der Waals surface area contributed by atoms with Gasteiger partial charge in [-0.2, -0.15) is 5.10 Å². The van der Waals surface area contributed by atoms with Crippen LogP contribution in [0.25, 0.3) is 0 Å². The third-order valence-corrected chi connectivity index (χ3v) is 4.79. The van der Waals surface area contributed by atoms with Crippen LogP contribution in [0.3, 0.4) is 0 Å². The van der Waals surface area contributed by atoms with Crippen molar-refractivity contribution in [2.24, 2.45) is 7.05 Å². The molecule has 132 valence electrons. The number of pyridine rings is 1. The fourth-order valence-electron chi connectivity index (χ4n) is 3.15. The minimum Gasteiger partial charge on any atom is -0.340 e. The van der Waals surface area contributed by atoms with E-state index < -0.39 is 0 Å². The van der Waals surface area contributed by atoms with Crippen molar-refractivity contribution < 1.29 is 4.79 Å². The zero-order valence-corrected chi connectivity index (χ0v) is 14.6. The van der Waals surface area contributed by atoms with Gasteiger partial charge in [-0.15, -0.1) is 0 Å². The van der Waals surface area contributed by atoms with E-state index >= 15 is 0 Å². The summed E-state index contributed by atoms with van der Waals surface area (Å²) < 4.78 is 1.65. The number of nitrogens with zero attached hydrogens (tertiary/aromatic N) is 3. The summed E-state index contributed by atoms with van der Waals surface area (Å²) in [5.41, 5.74) is 3.32. The number of hydrogen-bond acceptors (Lipinski definition) is 4. The van der Waals surface area contributed by atoms with Gasteiger partial charge in [0.1, 0.15) is 11.5 Å². The average Bonchev–Trinajstić information content (AvgIpc) is 2.97. The zero-order chi connectivity index (χ0) is 17.9. The summed E-state index contributed by atoms with van der Waals surface area (Å²) in [5.74, 6) is 1.04. The van der Waals surface area contributed by atoms with Crippen molar-refractivity contribution in [3.8, 4) is 0 Å². The first-order valence-electron chi connectivity index (χ1n) is 8.82. The lowest BCUT2D eigenvalue weighted by Gasteiger charge is -2.25. The molecule has 2 N–H and O–H groups in total. The van der Waals surface area contributed by atoms with E-state index in [2.05, 4.69) is 20.7 Å². The van der Waals surface area contributed by atoms with Gasteiger partial charge in [0.05, 0.1) is 18.1 Å². The van der Waals surface area contributed by atoms with Crippen molar-refractivity contribution in [3.05, 3.63) is 66.1 Å². The molecule has 0 aliphatic heterocycles. The van der Waals surface area contributed by atoms with Gasteiger partial charge in [0.2, 0.25) is 0 Å². The Kier molecular flexibility index (Phi) is 4.39. The standard InChI is InChI=1S/C20H21N5O/c1-25-19(17(13-22-25)14-6-5-7-14)20(26)24-16-10-11-18(21-12-16)23-15-8-3-2-4-9-15/h2-4,8-14H,5-7H2,1H3,(H,21,23)(H,24,26). The molecule has 2 aromatic heterocycles. The van der Waals surface area contributed by atoms with E-state index in [0.717, 1.165) is 29.9 Å². The van der Waals surface area contributed by atoms with Crippen LogP contribution in [0, 0.1) is 0 Å². The first-order chi connectivity index (χ1) is 12.7. The van der Waals surface area contributed by atoms with E-state index in [-0.39, 0.29) is 5.91 Å². The smallest absolute Gasteiger partial charge is 0.274 e. The molecule has 0 bridgehead atoms. The lowest BCUT2D eigenvalue weighted by Crippen LogP contribution is -2.20. The summed E-state index contributed by atoms with van der Waals surface area (Å²) in [6.45, 7) is 0. The van der Waals surface area contributed by atoms with E-state index in [0.29, 0.717) is 17.3 Å². The number of rotatable bonds is 5. The summed E-state index contributed by atoms with van der Waals surface area (Å²) in [7, 11) is 1.81. The maximum Gasteiger partial charge on any atom is 0.274 e. The molecule has 0 unspecified atom stereocenters. The van der Waals surface area contributed by atoms with Gasteiger partial charge < -0.3 is 10.6 Å². The lowest BCUT2D eigenvalue weighted by molar-refractivity contribution is 0.101. The molecule has 1 fully saturated rings. The second-order valence-corrected chi connectivity index (χ2v) is 6.58. The Morgan fingerprint density at radius 1 is 1.08 bits per heavy atom. The summed E-state index contributed by atoms with van der Waals surface area (Å²) in [6.07, 6.45) is 6.97. The number of aryl methyl sites for hydroxylation is 1. The predicted octanol–water partition coefficient (Wildman–Crippen LogP) is 4.08. The van der Waals surface area contributed by atoms with Gasteiger partial charge in [0.15, 0.2) is 0 Å². The fraction of sp³-hybridized carbons (Fsp3) is 0.250. The largest absolute Gasteiger partial charge is 0.340 e. The van der Waals surface area contributed by atoms with E-state index in [4.69, 9.17) is 0 Å². The third kappa shape index (κ3) is 3.31. The molecule has 2 heterocycles. The molecule has 26 heavy (non-hydrogen) atoms. The van der Waals surface area contributed by atoms with Crippen molar-refractivity contribution in [2.45, 2.75) is 25.2 Å². The van der Waals surface area contributed by atoms with Crippen molar-refractivity contribution in [2.75, 3.05) is 10.6 Å². The highest BCUT2D eigenvalue weighted by atomic mass is 16.2. The number of anilines is 3. The van der Waals surface area contributed by atoms with Gasteiger partial charge in [0.25, 0.3) is 5.91 Å². The third-order valence-electron chi connectivity index (χ3n) is 4.79. The van der Waals surface area contributed by atoms with Crippen LogP contribution in [0.1, 0.15) is 41.2 Å². The molecule has 0 spiro atoms. The molecular formula is C20H21N5O. The van der Waals surface area contributed by atoms with Gasteiger partial charge in [-0.1, -0.05) is 24.6 Å². The predicted molar refractivity (Wildman–Crippen MR) is 102 cm³/mol. The molecule has 0 atom stereocenters. The quantitative estimate of drug-likeness (QED) is 0.729. The highest BCUT2D eigenvalue weighted by molar-refractivity contribution is 6.04. The van der Waals surface area contributed by atoms with E-state index in [9.17, 15) is 4.79 Å². The second-order valence-electron chi connectivity index (χ2n) is 6.58. The molecule has 1 saturated carbocycles. The molecular weight excluding hydrogens is 326 g/mol. The number of para-hydroxylation sites is 1. The first kappa shape index (κ1) is 16.3. The Bertz CT molecular complexity index is 898. The Labute approximate surface area is 152 Å². The lowest BCUT2D eigenvalue weighted by atomic mass is 9.80. The molecule has 3 aromatic rings. The van der Waals surface area contributed by atoms with Crippen LogP contribution in [0.5, 0.6) is 0 Å². The minimum atomic E-state index is -0.141. The van der Waals surface area contributed by atoms with Gasteiger partial charge in [-0.25, -0.2) is 4.98 Å². The molecule has 4 rings (SSSR count). The highest BCUT2D eigenvalue weighted by Gasteiger charge is 2.27. The molecule has 6 heteroatoms. The van der Waals surface area contributed by atoms with Crippen molar-refractivity contribution in [1.82, 2.24) is 14.8 Å². The number of aromatic nitrogens is 3. The molecule has 1 amide bonds. The highest BCUT2D eigenvalue weighted by Crippen LogP contribution is 2.37. The number of amides is 1. The number of hydrogen-bond donors (Lipinski definition) is 2. The number of carbonyl (C=O) groups is 1. The van der Waals surface area contributed by atoms with Gasteiger partial charge >= 0.3 is 0 Å². The number of benzene rings is 1. The van der Waals surface area contributed by atoms with Crippen molar-refractivity contribution >= 4 is 23.1 Å². The summed E-state index contributed by atoms with van der Waals surface area (Å²) in [4.78, 5) is 17.1. The van der Waals surface area contributed by atoms with Gasteiger partial charge in [-0.3, -0.25) is 9.48 Å². The SMILES string of the molecule is Cn1ncc(C2CCC2)c1C(=O)Nc1ccc(Nc2ccccc2)nc1. The Morgan fingerprint density at radius 3 is 2.54 bits per heavy atom. The van der Waals surface area contributed by atoms with Crippen molar-refractivity contribution in [3.63, 3.8) is 0 Å². The Morgan fingerprint density at radius 2 is 1.88 bits per heavy atom. The topological polar surface area (TPSA) is 71.8 Å². The molecule has 0 saturated heterocycles. The first-order valence-corrected chi connectivity index (χ1v) is 8.82. The Hall–Kier alpha value is -3.15. The minimum absolute atomic E-state index is 0.141. The fourth-order valence-corrected chi connectivity index (χ4v) is 3.15. The summed E-state index contributed by atoms with van der Waals surface area (Å²) >= 11 is 0. The van der Waals surface area contributed by atoms with E-state index in [1.165, 1.54) is 6.42 Å². The molecule has 0 radical (unpaired) electrons. The van der Waals surface area contributed by atoms with Crippen LogP contribution in [0.2, 0.25) is 0 Å². The number of nitrogens with one attached hydrogen (secondary N) is 2. The van der Waals surface area contributed by atoms with Crippen LogP contribution in [0.4, 0.5) is 17.2 Å². The average molecular weight is 347 g/mol. The molecule has 1 aliphatic rings. The maximum atomic E-state index is 12.7.